The van der Waals surface area contributed by atoms with Gasteiger partial charge >= 0.3 is 0 Å². The molecule has 0 aromatic heterocycles. The topological polar surface area (TPSA) is 21.7 Å². The van der Waals surface area contributed by atoms with Crippen molar-refractivity contribution in [3.05, 3.63) is 330 Å². The summed E-state index contributed by atoms with van der Waals surface area (Å²) in [7, 11) is 0. The molecule has 2 aliphatic carbocycles. The van der Waals surface area contributed by atoms with Crippen molar-refractivity contribution in [1.82, 2.24) is 0 Å². The normalized spacial score (nSPS) is 13.9. The predicted octanol–water partition coefficient (Wildman–Crippen LogP) is 19.1. The molecule has 0 fully saturated rings. The lowest BCUT2D eigenvalue weighted by Gasteiger charge is -2.39. The third-order valence-corrected chi connectivity index (χ3v) is 16.8. The Hall–Kier alpha value is -9.96. The van der Waals surface area contributed by atoms with Crippen LogP contribution in [-0.4, -0.2) is 0 Å². The monoisotopic (exact) mass is 981 g/mol. The molecule has 12 aromatic rings. The van der Waals surface area contributed by atoms with E-state index in [0.717, 1.165) is 79.0 Å². The van der Waals surface area contributed by atoms with Crippen LogP contribution in [0.5, 0.6) is 23.0 Å². The highest BCUT2D eigenvalue weighted by molar-refractivity contribution is 6.02. The van der Waals surface area contributed by atoms with Crippen molar-refractivity contribution in [2.75, 3.05) is 4.90 Å². The lowest BCUT2D eigenvalue weighted by molar-refractivity contribution is 0.436. The van der Waals surface area contributed by atoms with Crippen LogP contribution in [0.1, 0.15) is 44.5 Å². The second-order valence-corrected chi connectivity index (χ2v) is 20.6. The van der Waals surface area contributed by atoms with Crippen molar-refractivity contribution in [3.8, 4) is 78.6 Å². The summed E-state index contributed by atoms with van der Waals surface area (Å²) in [5.41, 5.74) is 23.4. The smallest absolute Gasteiger partial charge is 0.132 e. The van der Waals surface area contributed by atoms with Gasteiger partial charge in [-0.3, -0.25) is 0 Å². The fraction of sp³-hybridized carbons (Fsp3) is 0.0270. The van der Waals surface area contributed by atoms with Gasteiger partial charge in [-0.25, -0.2) is 0 Å². The van der Waals surface area contributed by atoms with E-state index in [1.54, 1.807) is 0 Å². The standard InChI is InChI=1S/C74H47NO2/c1-2-21-48(22-3-1)49-43-45-50(46-44-49)53-25-6-13-37-65(53)75(66-38-20-36-64-72(66)56-27-5-8-30-58(56)74(64)61-33-11-16-41-69(61)77-70-42-17-12-34-62(70)74)52-24-18-23-51(47-52)54-28-19-35-63-71(54)55-26-4-7-29-57(55)73(63)59-31-9-14-39-67(59)76-68-40-15-10-32-60(68)73/h1-47H. The molecule has 2 heterocycles. The van der Waals surface area contributed by atoms with Gasteiger partial charge in [-0.15, -0.1) is 0 Å². The summed E-state index contributed by atoms with van der Waals surface area (Å²) < 4.78 is 13.5. The lowest BCUT2D eigenvalue weighted by Crippen LogP contribution is -2.32. The predicted molar refractivity (Wildman–Crippen MR) is 312 cm³/mol. The number of hydrogen-bond acceptors (Lipinski definition) is 3. The fourth-order valence-electron chi connectivity index (χ4n) is 13.8. The number of hydrogen-bond donors (Lipinski definition) is 0. The minimum absolute atomic E-state index is 0.582. The third kappa shape index (κ3) is 6.08. The fourth-order valence-corrected chi connectivity index (χ4v) is 13.8. The molecule has 360 valence electrons. The van der Waals surface area contributed by atoms with E-state index in [1.807, 2.05) is 0 Å². The molecule has 0 saturated heterocycles. The van der Waals surface area contributed by atoms with E-state index in [2.05, 4.69) is 290 Å². The summed E-state index contributed by atoms with van der Waals surface area (Å²) in [6.07, 6.45) is 0. The van der Waals surface area contributed by atoms with Gasteiger partial charge in [0.05, 0.1) is 22.2 Å². The Morgan fingerprint density at radius 2 is 0.610 bits per heavy atom. The van der Waals surface area contributed by atoms with Crippen molar-refractivity contribution in [3.63, 3.8) is 0 Å². The quantitative estimate of drug-likeness (QED) is 0.166. The molecule has 0 unspecified atom stereocenters. The number of fused-ring (bicyclic) bond motifs is 18. The van der Waals surface area contributed by atoms with Crippen molar-refractivity contribution < 1.29 is 9.47 Å². The zero-order valence-electron chi connectivity index (χ0n) is 41.9. The van der Waals surface area contributed by atoms with Gasteiger partial charge in [-0.1, -0.05) is 237 Å². The van der Waals surface area contributed by atoms with Crippen molar-refractivity contribution in [2.45, 2.75) is 10.8 Å². The van der Waals surface area contributed by atoms with Crippen LogP contribution in [0.3, 0.4) is 0 Å². The van der Waals surface area contributed by atoms with Crippen LogP contribution in [-0.2, 0) is 10.8 Å². The van der Waals surface area contributed by atoms with Gasteiger partial charge in [-0.2, -0.15) is 0 Å². The molecule has 12 aromatic carbocycles. The molecule has 16 rings (SSSR count). The van der Waals surface area contributed by atoms with Crippen LogP contribution >= 0.6 is 0 Å². The van der Waals surface area contributed by atoms with Gasteiger partial charge in [0.1, 0.15) is 23.0 Å². The van der Waals surface area contributed by atoms with Gasteiger partial charge < -0.3 is 14.4 Å². The van der Waals surface area contributed by atoms with Crippen LogP contribution in [0.15, 0.2) is 285 Å². The SMILES string of the molecule is c1ccc(-c2ccc(-c3ccccc3N(c3cccc(-c4cccc5c4-c4ccccc4C54c5ccccc5Oc5ccccc54)c3)c3cccc4c3-c3ccccc3C43c4ccccc4Oc4ccccc43)cc2)cc1. The van der Waals surface area contributed by atoms with Crippen molar-refractivity contribution in [2.24, 2.45) is 0 Å². The van der Waals surface area contributed by atoms with Gasteiger partial charge in [0.25, 0.3) is 0 Å². The summed E-state index contributed by atoms with van der Waals surface area (Å²) in [5.74, 6) is 3.52. The molecular formula is C74H47NO2. The van der Waals surface area contributed by atoms with E-state index in [9.17, 15) is 0 Å². The summed E-state index contributed by atoms with van der Waals surface area (Å²) in [4.78, 5) is 2.53. The maximum Gasteiger partial charge on any atom is 0.132 e. The molecule has 4 aliphatic rings. The lowest BCUT2D eigenvalue weighted by atomic mass is 9.66. The third-order valence-electron chi connectivity index (χ3n) is 16.8. The first kappa shape index (κ1) is 43.4. The molecular weight excluding hydrogens is 935 g/mol. The zero-order valence-corrected chi connectivity index (χ0v) is 41.9. The van der Waals surface area contributed by atoms with Gasteiger partial charge in [-0.05, 0) is 115 Å². The molecule has 0 saturated carbocycles. The number of rotatable bonds is 6. The molecule has 3 nitrogen and oxygen atoms in total. The van der Waals surface area contributed by atoms with Gasteiger partial charge in [0.2, 0.25) is 0 Å². The summed E-state index contributed by atoms with van der Waals surface area (Å²) in [6, 6.07) is 104. The Balaban J connectivity index is 0.949. The number of anilines is 3. The van der Waals surface area contributed by atoms with Crippen molar-refractivity contribution in [1.29, 1.82) is 0 Å². The van der Waals surface area contributed by atoms with E-state index in [1.165, 1.54) is 61.2 Å². The first-order chi connectivity index (χ1) is 38.2. The minimum atomic E-state index is -0.636. The molecule has 77 heavy (non-hydrogen) atoms. The molecule has 0 bridgehead atoms. The average molecular weight is 982 g/mol. The average Bonchev–Trinajstić information content (AvgIpc) is 4.00. The molecule has 2 spiro atoms. The maximum atomic E-state index is 6.78. The summed E-state index contributed by atoms with van der Waals surface area (Å²) >= 11 is 0. The molecule has 2 aliphatic heterocycles. The zero-order chi connectivity index (χ0) is 50.7. The van der Waals surface area contributed by atoms with E-state index in [4.69, 9.17) is 9.47 Å². The first-order valence-electron chi connectivity index (χ1n) is 26.6. The molecule has 0 radical (unpaired) electrons. The highest BCUT2D eigenvalue weighted by atomic mass is 16.5. The van der Waals surface area contributed by atoms with E-state index in [-0.39, 0.29) is 0 Å². The second-order valence-electron chi connectivity index (χ2n) is 20.6. The summed E-state index contributed by atoms with van der Waals surface area (Å²) in [5, 5.41) is 0. The number of ether oxygens (including phenoxy) is 2. The number of nitrogens with zero attached hydrogens (tertiary/aromatic N) is 1. The van der Waals surface area contributed by atoms with Crippen LogP contribution in [0.2, 0.25) is 0 Å². The first-order valence-corrected chi connectivity index (χ1v) is 26.6. The van der Waals surface area contributed by atoms with Crippen LogP contribution < -0.4 is 14.4 Å². The minimum Gasteiger partial charge on any atom is -0.457 e. The molecule has 0 amide bonds. The van der Waals surface area contributed by atoms with E-state index >= 15 is 0 Å². The van der Waals surface area contributed by atoms with Crippen LogP contribution in [0, 0.1) is 0 Å². The Morgan fingerprint density at radius 1 is 0.234 bits per heavy atom. The van der Waals surface area contributed by atoms with Crippen LogP contribution in [0.25, 0.3) is 55.6 Å². The summed E-state index contributed by atoms with van der Waals surface area (Å²) in [6.45, 7) is 0. The highest BCUT2D eigenvalue weighted by Crippen LogP contribution is 2.66. The van der Waals surface area contributed by atoms with E-state index in [0.29, 0.717) is 0 Å². The van der Waals surface area contributed by atoms with E-state index < -0.39 is 10.8 Å². The Kier molecular flexibility index (Phi) is 9.47. The Bertz CT molecular complexity index is 4270. The van der Waals surface area contributed by atoms with Crippen molar-refractivity contribution >= 4 is 17.1 Å². The Morgan fingerprint density at radius 3 is 1.19 bits per heavy atom. The second kappa shape index (κ2) is 16.8. The van der Waals surface area contributed by atoms with Gasteiger partial charge in [0, 0.05) is 39.1 Å². The molecule has 0 N–H and O–H groups in total. The Labute approximate surface area is 448 Å². The molecule has 0 atom stereocenters. The number of para-hydroxylation sites is 5. The maximum absolute atomic E-state index is 6.78. The van der Waals surface area contributed by atoms with Gasteiger partial charge in [0.15, 0.2) is 0 Å². The molecule has 3 heteroatoms. The largest absolute Gasteiger partial charge is 0.457 e. The van der Waals surface area contributed by atoms with Crippen LogP contribution in [0.4, 0.5) is 17.1 Å². The highest BCUT2D eigenvalue weighted by Gasteiger charge is 2.53. The number of benzene rings is 12.